The van der Waals surface area contributed by atoms with E-state index in [1.807, 2.05) is 24.3 Å². The van der Waals surface area contributed by atoms with Crippen LogP contribution in [0.4, 0.5) is 5.69 Å². The maximum absolute atomic E-state index is 6.30. The molecule has 3 N–H and O–H groups in total. The van der Waals surface area contributed by atoms with E-state index < -0.39 is 0 Å². The Balaban J connectivity index is 1.70. The summed E-state index contributed by atoms with van der Waals surface area (Å²) in [5.41, 5.74) is 9.42. The summed E-state index contributed by atoms with van der Waals surface area (Å²) in [6, 6.07) is 12.2. The molecule has 0 bridgehead atoms. The van der Waals surface area contributed by atoms with Gasteiger partial charge in [-0.15, -0.1) is 11.3 Å². The Morgan fingerprint density at radius 2 is 2.15 bits per heavy atom. The van der Waals surface area contributed by atoms with E-state index in [1.54, 1.807) is 11.3 Å². The summed E-state index contributed by atoms with van der Waals surface area (Å²) < 4.78 is 7.60. The van der Waals surface area contributed by atoms with Crippen molar-refractivity contribution >= 4 is 54.8 Å². The number of fused-ring (bicyclic) bond motifs is 1. The lowest BCUT2D eigenvalue weighted by atomic mass is 9.94. The van der Waals surface area contributed by atoms with Gasteiger partial charge in [0.2, 0.25) is 0 Å². The van der Waals surface area contributed by atoms with Gasteiger partial charge >= 0.3 is 0 Å². The number of ether oxygens (including phenoxy) is 1. The molecule has 1 fully saturated rings. The van der Waals surface area contributed by atoms with Crippen LogP contribution in [0.2, 0.25) is 5.15 Å². The van der Waals surface area contributed by atoms with E-state index in [1.165, 1.54) is 10.4 Å². The fraction of sp³-hybridized carbons (Fsp3) is 0.316. The third-order valence-electron chi connectivity index (χ3n) is 4.64. The number of pyridine rings is 1. The van der Waals surface area contributed by atoms with Crippen molar-refractivity contribution in [1.29, 1.82) is 0 Å². The van der Waals surface area contributed by atoms with Crippen molar-refractivity contribution in [2.75, 3.05) is 18.5 Å². The van der Waals surface area contributed by atoms with Gasteiger partial charge in [0.1, 0.15) is 5.15 Å². The lowest BCUT2D eigenvalue weighted by molar-refractivity contribution is 0.0702. The van der Waals surface area contributed by atoms with E-state index in [4.69, 9.17) is 22.1 Å². The molecule has 0 amide bonds. The molecule has 2 atom stereocenters. The third kappa shape index (κ3) is 3.62. The second-order valence-electron chi connectivity index (χ2n) is 6.42. The SMILES string of the molecule is N[C@@H]1COCC[C@H]1c1sc2c(NCc3ccccc3)cc(Cl)nc2c1Br. The minimum absolute atomic E-state index is 0.00399. The lowest BCUT2D eigenvalue weighted by Gasteiger charge is -2.28. The molecule has 4 nitrogen and oxygen atoms in total. The summed E-state index contributed by atoms with van der Waals surface area (Å²) in [6.07, 6.45) is 0.924. The summed E-state index contributed by atoms with van der Waals surface area (Å²) in [6.45, 7) is 2.07. The second kappa shape index (κ2) is 7.82. The van der Waals surface area contributed by atoms with Crippen molar-refractivity contribution in [1.82, 2.24) is 4.98 Å². The van der Waals surface area contributed by atoms with Crippen LogP contribution in [0.5, 0.6) is 0 Å². The highest BCUT2D eigenvalue weighted by Crippen LogP contribution is 2.45. The molecule has 136 valence electrons. The molecule has 26 heavy (non-hydrogen) atoms. The van der Waals surface area contributed by atoms with Crippen LogP contribution in [0.3, 0.4) is 0 Å². The lowest BCUT2D eigenvalue weighted by Crippen LogP contribution is -2.37. The largest absolute Gasteiger partial charge is 0.380 e. The molecule has 0 aliphatic carbocycles. The van der Waals surface area contributed by atoms with Gasteiger partial charge < -0.3 is 15.8 Å². The Morgan fingerprint density at radius 1 is 1.35 bits per heavy atom. The minimum atomic E-state index is 0.00399. The van der Waals surface area contributed by atoms with Crippen molar-refractivity contribution in [3.8, 4) is 0 Å². The zero-order valence-corrected chi connectivity index (χ0v) is 17.2. The number of hydrogen-bond acceptors (Lipinski definition) is 5. The molecule has 3 heterocycles. The highest BCUT2D eigenvalue weighted by Gasteiger charge is 2.29. The number of halogens is 2. The van der Waals surface area contributed by atoms with E-state index in [9.17, 15) is 0 Å². The standard InChI is InChI=1S/C19H19BrClN3OS/c20-16-17-19(26-18(16)12-6-7-25-10-13(12)22)14(8-15(21)24-17)23-9-11-4-2-1-3-5-11/h1-5,8,12-13H,6-7,9-10,22H2,(H,23,24)/t12-,13-/m1/s1. The highest BCUT2D eigenvalue weighted by molar-refractivity contribution is 9.10. The molecule has 7 heteroatoms. The van der Waals surface area contributed by atoms with E-state index >= 15 is 0 Å². The van der Waals surface area contributed by atoms with Gasteiger partial charge in [-0.1, -0.05) is 41.9 Å². The summed E-state index contributed by atoms with van der Waals surface area (Å²) in [5, 5.41) is 3.99. The van der Waals surface area contributed by atoms with Crippen molar-refractivity contribution in [2.45, 2.75) is 24.9 Å². The van der Waals surface area contributed by atoms with Crippen molar-refractivity contribution in [2.24, 2.45) is 5.73 Å². The number of nitrogens with two attached hydrogens (primary N) is 1. The maximum atomic E-state index is 6.30. The van der Waals surface area contributed by atoms with Gasteiger partial charge in [0.25, 0.3) is 0 Å². The molecule has 1 aliphatic rings. The van der Waals surface area contributed by atoms with Crippen LogP contribution < -0.4 is 11.1 Å². The van der Waals surface area contributed by atoms with Crippen LogP contribution in [-0.2, 0) is 11.3 Å². The van der Waals surface area contributed by atoms with Crippen LogP contribution in [-0.4, -0.2) is 24.2 Å². The number of aromatic nitrogens is 1. The molecule has 0 unspecified atom stereocenters. The van der Waals surface area contributed by atoms with E-state index in [-0.39, 0.29) is 12.0 Å². The third-order valence-corrected chi connectivity index (χ3v) is 7.24. The minimum Gasteiger partial charge on any atom is -0.380 e. The number of nitrogens with one attached hydrogen (secondary N) is 1. The number of thiophene rings is 1. The quantitative estimate of drug-likeness (QED) is 0.537. The Labute approximate surface area is 169 Å². The van der Waals surface area contributed by atoms with Crippen LogP contribution in [0.25, 0.3) is 10.2 Å². The first-order valence-corrected chi connectivity index (χ1v) is 10.5. The number of benzene rings is 1. The molecule has 4 rings (SSSR count). The monoisotopic (exact) mass is 451 g/mol. The zero-order valence-electron chi connectivity index (χ0n) is 14.0. The first kappa shape index (κ1) is 18.2. The smallest absolute Gasteiger partial charge is 0.131 e. The maximum Gasteiger partial charge on any atom is 0.131 e. The van der Waals surface area contributed by atoms with Crippen molar-refractivity contribution < 1.29 is 4.74 Å². The molecule has 2 aromatic heterocycles. The van der Waals surface area contributed by atoms with Gasteiger partial charge in [-0.3, -0.25) is 0 Å². The van der Waals surface area contributed by atoms with Gasteiger partial charge in [0.05, 0.1) is 27.0 Å². The molecule has 0 saturated carbocycles. The average molecular weight is 453 g/mol. The summed E-state index contributed by atoms with van der Waals surface area (Å²) in [7, 11) is 0. The fourth-order valence-corrected chi connectivity index (χ4v) is 5.76. The Bertz CT molecular complexity index is 918. The molecule has 3 aromatic rings. The predicted molar refractivity (Wildman–Crippen MR) is 112 cm³/mol. The van der Waals surface area contributed by atoms with E-state index in [0.29, 0.717) is 11.8 Å². The summed E-state index contributed by atoms with van der Waals surface area (Å²) >= 11 is 11.8. The van der Waals surface area contributed by atoms with Crippen LogP contribution in [0, 0.1) is 0 Å². The average Bonchev–Trinajstić information content (AvgIpc) is 2.98. The second-order valence-corrected chi connectivity index (χ2v) is 8.66. The molecule has 1 aliphatic heterocycles. The first-order chi connectivity index (χ1) is 12.6. The van der Waals surface area contributed by atoms with Gasteiger partial charge in [-0.05, 0) is 27.9 Å². The molecule has 1 aromatic carbocycles. The molecular weight excluding hydrogens is 434 g/mol. The summed E-state index contributed by atoms with van der Waals surface area (Å²) in [4.78, 5) is 5.78. The number of hydrogen-bond donors (Lipinski definition) is 2. The number of anilines is 1. The molecule has 0 spiro atoms. The van der Waals surface area contributed by atoms with Crippen LogP contribution in [0.1, 0.15) is 22.8 Å². The molecule has 0 radical (unpaired) electrons. The topological polar surface area (TPSA) is 60.2 Å². The van der Waals surface area contributed by atoms with E-state index in [0.717, 1.165) is 39.9 Å². The number of rotatable bonds is 4. The van der Waals surface area contributed by atoms with Gasteiger partial charge in [0, 0.05) is 36.1 Å². The van der Waals surface area contributed by atoms with Crippen LogP contribution >= 0.6 is 38.9 Å². The van der Waals surface area contributed by atoms with Crippen molar-refractivity contribution in [3.05, 3.63) is 56.5 Å². The van der Waals surface area contributed by atoms with Gasteiger partial charge in [-0.25, -0.2) is 4.98 Å². The Kier molecular flexibility index (Phi) is 5.47. The Morgan fingerprint density at radius 3 is 2.92 bits per heavy atom. The normalized spacial score (nSPS) is 20.4. The van der Waals surface area contributed by atoms with Gasteiger partial charge in [-0.2, -0.15) is 0 Å². The number of nitrogens with zero attached hydrogens (tertiary/aromatic N) is 1. The molecular formula is C19H19BrClN3OS. The fourth-order valence-electron chi connectivity index (χ4n) is 3.27. The van der Waals surface area contributed by atoms with E-state index in [2.05, 4.69) is 38.4 Å². The zero-order chi connectivity index (χ0) is 18.1. The van der Waals surface area contributed by atoms with Gasteiger partial charge in [0.15, 0.2) is 0 Å². The summed E-state index contributed by atoms with van der Waals surface area (Å²) in [5.74, 6) is 0.276. The predicted octanol–water partition coefficient (Wildman–Crippen LogP) is 5.16. The molecule has 1 saturated heterocycles. The Hall–Kier alpha value is -1.18. The first-order valence-electron chi connectivity index (χ1n) is 8.53. The highest BCUT2D eigenvalue weighted by atomic mass is 79.9. The van der Waals surface area contributed by atoms with Crippen molar-refractivity contribution in [3.63, 3.8) is 0 Å². The van der Waals surface area contributed by atoms with Crippen LogP contribution in [0.15, 0.2) is 40.9 Å².